The third kappa shape index (κ3) is 4.55. The number of hydrogen-bond acceptors (Lipinski definition) is 1. The molecule has 0 fully saturated rings. The van der Waals surface area contributed by atoms with Gasteiger partial charge >= 0.3 is 0 Å². The standard InChI is InChI=1S/C17H25NO/c1-6-16(19)18(17(3,4)5)13-12-14(2)15-10-8-7-9-11-15/h7-12H,6,13H2,1-5H3/b14-12-. The maximum absolute atomic E-state index is 12.0. The first-order valence-electron chi connectivity index (χ1n) is 6.89. The van der Waals surface area contributed by atoms with Crippen molar-refractivity contribution in [2.24, 2.45) is 0 Å². The molecule has 0 aromatic heterocycles. The summed E-state index contributed by atoms with van der Waals surface area (Å²) in [6, 6.07) is 10.3. The third-order valence-electron chi connectivity index (χ3n) is 3.22. The van der Waals surface area contributed by atoms with E-state index in [-0.39, 0.29) is 11.4 Å². The molecule has 1 aromatic rings. The van der Waals surface area contributed by atoms with Gasteiger partial charge in [-0.25, -0.2) is 0 Å². The van der Waals surface area contributed by atoms with Crippen molar-refractivity contribution in [3.8, 4) is 0 Å². The molecule has 0 saturated carbocycles. The Bertz CT molecular complexity index is 440. The van der Waals surface area contributed by atoms with Crippen molar-refractivity contribution in [2.75, 3.05) is 6.54 Å². The fourth-order valence-electron chi connectivity index (χ4n) is 1.99. The van der Waals surface area contributed by atoms with E-state index in [0.29, 0.717) is 13.0 Å². The summed E-state index contributed by atoms with van der Waals surface area (Å²) in [6.07, 6.45) is 2.68. The minimum Gasteiger partial charge on any atom is -0.334 e. The van der Waals surface area contributed by atoms with Crippen molar-refractivity contribution in [2.45, 2.75) is 46.6 Å². The fraction of sp³-hybridized carbons (Fsp3) is 0.471. The molecule has 0 radical (unpaired) electrons. The van der Waals surface area contributed by atoms with Crippen LogP contribution in [0.25, 0.3) is 5.57 Å². The lowest BCUT2D eigenvalue weighted by Gasteiger charge is -2.35. The smallest absolute Gasteiger partial charge is 0.223 e. The van der Waals surface area contributed by atoms with Gasteiger partial charge < -0.3 is 4.90 Å². The Morgan fingerprint density at radius 2 is 1.79 bits per heavy atom. The van der Waals surface area contributed by atoms with Gasteiger partial charge in [0.2, 0.25) is 5.91 Å². The van der Waals surface area contributed by atoms with Crippen molar-refractivity contribution < 1.29 is 4.79 Å². The number of benzene rings is 1. The third-order valence-corrected chi connectivity index (χ3v) is 3.22. The highest BCUT2D eigenvalue weighted by atomic mass is 16.2. The van der Waals surface area contributed by atoms with Crippen molar-refractivity contribution in [1.29, 1.82) is 0 Å². The summed E-state index contributed by atoms with van der Waals surface area (Å²) in [4.78, 5) is 13.9. The molecular weight excluding hydrogens is 234 g/mol. The van der Waals surface area contributed by atoms with E-state index in [4.69, 9.17) is 0 Å². The molecular formula is C17H25NO. The molecule has 1 aromatic carbocycles. The number of nitrogens with zero attached hydrogens (tertiary/aromatic N) is 1. The Morgan fingerprint density at radius 1 is 1.21 bits per heavy atom. The van der Waals surface area contributed by atoms with Crippen LogP contribution in [-0.4, -0.2) is 22.9 Å². The van der Waals surface area contributed by atoms with E-state index in [1.54, 1.807) is 0 Å². The molecule has 104 valence electrons. The van der Waals surface area contributed by atoms with E-state index in [9.17, 15) is 4.79 Å². The minimum absolute atomic E-state index is 0.138. The van der Waals surface area contributed by atoms with Gasteiger partial charge in [0.05, 0.1) is 0 Å². The number of hydrogen-bond donors (Lipinski definition) is 0. The van der Waals surface area contributed by atoms with Gasteiger partial charge in [0.25, 0.3) is 0 Å². The van der Waals surface area contributed by atoms with Crippen molar-refractivity contribution >= 4 is 11.5 Å². The highest BCUT2D eigenvalue weighted by Crippen LogP contribution is 2.17. The predicted molar refractivity (Wildman–Crippen MR) is 81.9 cm³/mol. The summed E-state index contributed by atoms with van der Waals surface area (Å²) in [7, 11) is 0. The van der Waals surface area contributed by atoms with E-state index in [1.165, 1.54) is 11.1 Å². The Balaban J connectivity index is 2.84. The predicted octanol–water partition coefficient (Wildman–Crippen LogP) is 4.13. The van der Waals surface area contributed by atoms with Crippen molar-refractivity contribution in [3.63, 3.8) is 0 Å². The van der Waals surface area contributed by atoms with Gasteiger partial charge in [-0.1, -0.05) is 43.3 Å². The molecule has 0 aliphatic heterocycles. The molecule has 1 rings (SSSR count). The van der Waals surface area contributed by atoms with Gasteiger partial charge in [-0.2, -0.15) is 0 Å². The first-order valence-corrected chi connectivity index (χ1v) is 6.89. The van der Waals surface area contributed by atoms with Crippen LogP contribution >= 0.6 is 0 Å². The van der Waals surface area contributed by atoms with Crippen LogP contribution in [0.15, 0.2) is 36.4 Å². The lowest BCUT2D eigenvalue weighted by atomic mass is 10.0. The second-order valence-corrected chi connectivity index (χ2v) is 5.78. The van der Waals surface area contributed by atoms with E-state index >= 15 is 0 Å². The summed E-state index contributed by atoms with van der Waals surface area (Å²) >= 11 is 0. The number of carbonyl (C=O) groups is 1. The normalized spacial score (nSPS) is 12.4. The van der Waals surface area contributed by atoms with E-state index in [2.05, 4.69) is 45.9 Å². The molecule has 1 amide bonds. The van der Waals surface area contributed by atoms with E-state index in [0.717, 1.165) is 0 Å². The SMILES string of the molecule is CCC(=O)N(C/C=C(/C)c1ccccc1)C(C)(C)C. The number of amides is 1. The van der Waals surface area contributed by atoms with Crippen molar-refractivity contribution in [1.82, 2.24) is 4.90 Å². The van der Waals surface area contributed by atoms with Gasteiger partial charge in [0.15, 0.2) is 0 Å². The van der Waals surface area contributed by atoms with Gasteiger partial charge in [-0.3, -0.25) is 4.79 Å². The van der Waals surface area contributed by atoms with Gasteiger partial charge in [0, 0.05) is 18.5 Å². The van der Waals surface area contributed by atoms with Crippen LogP contribution in [0.5, 0.6) is 0 Å². The molecule has 0 aliphatic rings. The second kappa shape index (κ2) is 6.55. The summed E-state index contributed by atoms with van der Waals surface area (Å²) in [5.41, 5.74) is 2.28. The monoisotopic (exact) mass is 259 g/mol. The Hall–Kier alpha value is -1.57. The first-order chi connectivity index (χ1) is 8.86. The topological polar surface area (TPSA) is 20.3 Å². The van der Waals surface area contributed by atoms with E-state index < -0.39 is 0 Å². The molecule has 0 atom stereocenters. The molecule has 0 unspecified atom stereocenters. The zero-order valence-corrected chi connectivity index (χ0v) is 12.7. The average Bonchev–Trinajstić information content (AvgIpc) is 2.37. The molecule has 0 saturated heterocycles. The van der Waals surface area contributed by atoms with Crippen LogP contribution < -0.4 is 0 Å². The van der Waals surface area contributed by atoms with Gasteiger partial charge in [-0.05, 0) is 38.8 Å². The Morgan fingerprint density at radius 3 is 2.26 bits per heavy atom. The second-order valence-electron chi connectivity index (χ2n) is 5.78. The van der Waals surface area contributed by atoms with Crippen molar-refractivity contribution in [3.05, 3.63) is 42.0 Å². The Labute approximate surface area is 117 Å². The highest BCUT2D eigenvalue weighted by Gasteiger charge is 2.23. The number of carbonyl (C=O) groups excluding carboxylic acids is 1. The first kappa shape index (κ1) is 15.5. The minimum atomic E-state index is -0.138. The lowest BCUT2D eigenvalue weighted by Crippen LogP contribution is -2.45. The van der Waals surface area contributed by atoms with Crippen LogP contribution in [0.2, 0.25) is 0 Å². The molecule has 0 spiro atoms. The lowest BCUT2D eigenvalue weighted by molar-refractivity contribution is -0.134. The zero-order chi connectivity index (χ0) is 14.5. The Kier molecular flexibility index (Phi) is 5.34. The molecule has 2 heteroatoms. The molecule has 0 N–H and O–H groups in total. The summed E-state index contributed by atoms with van der Waals surface area (Å²) in [5, 5.41) is 0. The molecule has 0 bridgehead atoms. The molecule has 0 aliphatic carbocycles. The highest BCUT2D eigenvalue weighted by molar-refractivity contribution is 5.77. The van der Waals surface area contributed by atoms with Crippen LogP contribution in [0.1, 0.15) is 46.6 Å². The average molecular weight is 259 g/mol. The summed E-state index contributed by atoms with van der Waals surface area (Å²) in [5.74, 6) is 0.199. The van der Waals surface area contributed by atoms with Gasteiger partial charge in [-0.15, -0.1) is 0 Å². The van der Waals surface area contributed by atoms with Crippen LogP contribution in [0.3, 0.4) is 0 Å². The largest absolute Gasteiger partial charge is 0.334 e. The van der Waals surface area contributed by atoms with E-state index in [1.807, 2.05) is 30.0 Å². The molecule has 0 heterocycles. The number of rotatable bonds is 4. The van der Waals surface area contributed by atoms with Gasteiger partial charge in [0.1, 0.15) is 0 Å². The zero-order valence-electron chi connectivity index (χ0n) is 12.7. The van der Waals surface area contributed by atoms with Crippen LogP contribution in [-0.2, 0) is 4.79 Å². The fourth-order valence-corrected chi connectivity index (χ4v) is 1.99. The number of allylic oxidation sites excluding steroid dienone is 1. The van der Waals surface area contributed by atoms with Crippen LogP contribution in [0, 0.1) is 0 Å². The maximum atomic E-state index is 12.0. The summed E-state index contributed by atoms with van der Waals surface area (Å²) < 4.78 is 0. The summed E-state index contributed by atoms with van der Waals surface area (Å²) in [6.45, 7) is 10.9. The molecule has 2 nitrogen and oxygen atoms in total. The maximum Gasteiger partial charge on any atom is 0.223 e. The van der Waals surface area contributed by atoms with Crippen LogP contribution in [0.4, 0.5) is 0 Å². The quantitative estimate of drug-likeness (QED) is 0.796. The molecule has 19 heavy (non-hydrogen) atoms.